The van der Waals surface area contributed by atoms with Crippen LogP contribution in [0, 0.1) is 10.1 Å². The molecule has 13 heteroatoms. The van der Waals surface area contributed by atoms with Crippen LogP contribution in [0.5, 0.6) is 5.19 Å². The third-order valence-electron chi connectivity index (χ3n) is 3.15. The van der Waals surface area contributed by atoms with Crippen molar-refractivity contribution < 1.29 is 27.6 Å². The highest BCUT2D eigenvalue weighted by Crippen LogP contribution is 2.37. The molecule has 0 saturated heterocycles. The second kappa shape index (κ2) is 8.16. The predicted molar refractivity (Wildman–Crippen MR) is 90.8 cm³/mol. The number of hydrogen-bond acceptors (Lipinski definition) is 8. The summed E-state index contributed by atoms with van der Waals surface area (Å²) in [6.07, 6.45) is -3.47. The Hall–Kier alpha value is -2.96. The molecule has 0 aliphatic rings. The van der Waals surface area contributed by atoms with Gasteiger partial charge in [-0.2, -0.15) is 18.2 Å². The maximum atomic E-state index is 13.2. The van der Waals surface area contributed by atoms with Crippen molar-refractivity contribution in [3.8, 4) is 5.19 Å². The highest BCUT2D eigenvalue weighted by Gasteiger charge is 2.40. The Labute approximate surface area is 154 Å². The topological polar surface area (TPSA) is 133 Å². The van der Waals surface area contributed by atoms with Crippen LogP contribution in [0.15, 0.2) is 12.1 Å². The lowest BCUT2D eigenvalue weighted by molar-refractivity contribution is -0.384. The number of pyridine rings is 1. The van der Waals surface area contributed by atoms with E-state index in [1.807, 2.05) is 6.92 Å². The molecule has 0 fully saturated rings. The zero-order valence-electron chi connectivity index (χ0n) is 13.9. The number of alkyl halides is 3. The molecule has 0 unspecified atom stereocenters. The molecule has 0 atom stereocenters. The summed E-state index contributed by atoms with van der Waals surface area (Å²) in [5.41, 5.74) is 3.52. The SMILES string of the molecule is CCCCOc1nc(C(F)(F)F)c(C(=O)Nc2ccc([N+](=O)[O-])c(N)n2)s1. The average Bonchev–Trinajstić information content (AvgIpc) is 2.99. The molecule has 2 rings (SSSR count). The van der Waals surface area contributed by atoms with Gasteiger partial charge in [0, 0.05) is 6.07 Å². The Bertz CT molecular complexity index is 856. The lowest BCUT2D eigenvalue weighted by Gasteiger charge is -2.07. The standard InChI is InChI=1S/C14H14F3N5O4S/c1-2-3-6-26-13-21-10(14(15,16)17)9(27-13)12(23)20-8-5-4-7(22(24)25)11(18)19-8/h4-5H,2-3,6H2,1H3,(H3,18,19,20,23). The van der Waals surface area contributed by atoms with E-state index in [9.17, 15) is 28.1 Å². The maximum Gasteiger partial charge on any atom is 0.435 e. The number of rotatable bonds is 7. The molecule has 0 radical (unpaired) electrons. The summed E-state index contributed by atoms with van der Waals surface area (Å²) in [6, 6.07) is 2.04. The fourth-order valence-electron chi connectivity index (χ4n) is 1.88. The maximum absolute atomic E-state index is 13.2. The molecule has 0 aliphatic heterocycles. The number of nitrogen functional groups attached to an aromatic ring is 1. The van der Waals surface area contributed by atoms with Crippen molar-refractivity contribution in [1.29, 1.82) is 0 Å². The zero-order valence-corrected chi connectivity index (χ0v) is 14.7. The zero-order chi connectivity index (χ0) is 20.2. The number of amides is 1. The van der Waals surface area contributed by atoms with Crippen molar-refractivity contribution in [1.82, 2.24) is 9.97 Å². The summed E-state index contributed by atoms with van der Waals surface area (Å²) in [4.78, 5) is 28.4. The first kappa shape index (κ1) is 20.4. The first-order valence-corrected chi connectivity index (χ1v) is 8.38. The van der Waals surface area contributed by atoms with E-state index in [4.69, 9.17) is 10.5 Å². The van der Waals surface area contributed by atoms with E-state index in [2.05, 4.69) is 15.3 Å². The minimum atomic E-state index is -4.86. The summed E-state index contributed by atoms with van der Waals surface area (Å²) in [5, 5.41) is 12.5. The van der Waals surface area contributed by atoms with Crippen LogP contribution in [-0.2, 0) is 6.18 Å². The van der Waals surface area contributed by atoms with E-state index >= 15 is 0 Å². The number of anilines is 2. The molecule has 0 spiro atoms. The van der Waals surface area contributed by atoms with E-state index in [-0.39, 0.29) is 17.6 Å². The number of carbonyl (C=O) groups excluding carboxylic acids is 1. The molecule has 2 heterocycles. The molecule has 0 aromatic carbocycles. The van der Waals surface area contributed by atoms with Crippen molar-refractivity contribution >= 4 is 34.6 Å². The van der Waals surface area contributed by atoms with Gasteiger partial charge in [-0.3, -0.25) is 14.9 Å². The number of nitrogens with one attached hydrogen (secondary N) is 1. The van der Waals surface area contributed by atoms with Crippen LogP contribution in [0.3, 0.4) is 0 Å². The first-order chi connectivity index (χ1) is 12.6. The van der Waals surface area contributed by atoms with Crippen LogP contribution >= 0.6 is 11.3 Å². The molecule has 0 aliphatic carbocycles. The van der Waals surface area contributed by atoms with E-state index in [1.165, 1.54) is 0 Å². The van der Waals surface area contributed by atoms with Gasteiger partial charge in [-0.25, -0.2) is 4.98 Å². The molecule has 9 nitrogen and oxygen atoms in total. The summed E-state index contributed by atoms with van der Waals surface area (Å²) in [7, 11) is 0. The van der Waals surface area contributed by atoms with Gasteiger partial charge in [0.15, 0.2) is 5.69 Å². The molecular formula is C14H14F3N5O4S. The number of halogens is 3. The number of ether oxygens (including phenoxy) is 1. The fraction of sp³-hybridized carbons (Fsp3) is 0.357. The summed E-state index contributed by atoms with van der Waals surface area (Å²) < 4.78 is 44.6. The lowest BCUT2D eigenvalue weighted by Crippen LogP contribution is -2.18. The number of nitrogens with two attached hydrogens (primary N) is 1. The Kier molecular flexibility index (Phi) is 6.15. The first-order valence-electron chi connectivity index (χ1n) is 7.56. The molecule has 2 aromatic heterocycles. The number of nitro groups is 1. The van der Waals surface area contributed by atoms with Gasteiger partial charge in [-0.05, 0) is 12.5 Å². The van der Waals surface area contributed by atoms with Crippen LogP contribution in [0.25, 0.3) is 0 Å². The van der Waals surface area contributed by atoms with Gasteiger partial charge < -0.3 is 15.8 Å². The highest BCUT2D eigenvalue weighted by atomic mass is 32.1. The van der Waals surface area contributed by atoms with Gasteiger partial charge in [-0.15, -0.1) is 0 Å². The van der Waals surface area contributed by atoms with Gasteiger partial charge in [0.2, 0.25) is 5.82 Å². The summed E-state index contributed by atoms with van der Waals surface area (Å²) >= 11 is 0.444. The third kappa shape index (κ3) is 5.03. The van der Waals surface area contributed by atoms with Gasteiger partial charge in [-0.1, -0.05) is 24.7 Å². The van der Waals surface area contributed by atoms with Crippen LogP contribution in [-0.4, -0.2) is 27.4 Å². The van der Waals surface area contributed by atoms with Crippen molar-refractivity contribution in [3.63, 3.8) is 0 Å². The van der Waals surface area contributed by atoms with Gasteiger partial charge in [0.05, 0.1) is 11.5 Å². The number of hydrogen-bond donors (Lipinski definition) is 2. The van der Waals surface area contributed by atoms with E-state index in [0.29, 0.717) is 17.8 Å². The van der Waals surface area contributed by atoms with Crippen LogP contribution in [0.2, 0.25) is 0 Å². The molecule has 1 amide bonds. The van der Waals surface area contributed by atoms with Gasteiger partial charge >= 0.3 is 11.9 Å². The Morgan fingerprint density at radius 1 is 1.41 bits per heavy atom. The minimum absolute atomic E-state index is 0.169. The minimum Gasteiger partial charge on any atom is -0.470 e. The average molecular weight is 405 g/mol. The number of carbonyl (C=O) groups is 1. The molecule has 0 saturated carbocycles. The largest absolute Gasteiger partial charge is 0.470 e. The fourth-order valence-corrected chi connectivity index (χ4v) is 2.73. The van der Waals surface area contributed by atoms with E-state index < -0.39 is 39.1 Å². The molecular weight excluding hydrogens is 391 g/mol. The molecule has 3 N–H and O–H groups in total. The van der Waals surface area contributed by atoms with Crippen LogP contribution in [0.1, 0.15) is 35.1 Å². The third-order valence-corrected chi connectivity index (χ3v) is 4.11. The molecule has 0 bridgehead atoms. The van der Waals surface area contributed by atoms with Crippen molar-refractivity contribution in [2.75, 3.05) is 17.7 Å². The van der Waals surface area contributed by atoms with E-state index in [0.717, 1.165) is 18.6 Å². The van der Waals surface area contributed by atoms with Crippen molar-refractivity contribution in [3.05, 3.63) is 32.8 Å². The Balaban J connectivity index is 2.26. The second-order valence-electron chi connectivity index (χ2n) is 5.17. The number of aromatic nitrogens is 2. The van der Waals surface area contributed by atoms with Crippen molar-refractivity contribution in [2.45, 2.75) is 25.9 Å². The van der Waals surface area contributed by atoms with Crippen LogP contribution < -0.4 is 15.8 Å². The predicted octanol–water partition coefficient (Wildman–Crippen LogP) is 3.48. The monoisotopic (exact) mass is 405 g/mol. The number of thiazole rings is 1. The number of unbranched alkanes of at least 4 members (excludes halogenated alkanes) is 1. The smallest absolute Gasteiger partial charge is 0.435 e. The normalized spacial score (nSPS) is 11.3. The highest BCUT2D eigenvalue weighted by molar-refractivity contribution is 7.15. The number of nitrogens with zero attached hydrogens (tertiary/aromatic N) is 3. The summed E-state index contributed by atoms with van der Waals surface area (Å²) in [6.45, 7) is 2.05. The quantitative estimate of drug-likeness (QED) is 0.409. The molecule has 27 heavy (non-hydrogen) atoms. The van der Waals surface area contributed by atoms with E-state index in [1.54, 1.807) is 0 Å². The second-order valence-corrected chi connectivity index (χ2v) is 6.13. The Morgan fingerprint density at radius 3 is 2.67 bits per heavy atom. The van der Waals surface area contributed by atoms with Crippen LogP contribution in [0.4, 0.5) is 30.5 Å². The Morgan fingerprint density at radius 2 is 2.11 bits per heavy atom. The summed E-state index contributed by atoms with van der Waals surface area (Å²) in [5.74, 6) is -1.86. The molecule has 146 valence electrons. The lowest BCUT2D eigenvalue weighted by atomic mass is 10.3. The van der Waals surface area contributed by atoms with Crippen molar-refractivity contribution in [2.24, 2.45) is 0 Å². The van der Waals surface area contributed by atoms with Gasteiger partial charge in [0.1, 0.15) is 10.7 Å². The van der Waals surface area contributed by atoms with Gasteiger partial charge in [0.25, 0.3) is 11.1 Å². The molecule has 2 aromatic rings.